The van der Waals surface area contributed by atoms with Gasteiger partial charge in [0.15, 0.2) is 11.6 Å². The summed E-state index contributed by atoms with van der Waals surface area (Å²) in [5.41, 5.74) is 1.95. The Labute approximate surface area is 185 Å². The Balaban J connectivity index is 1.37. The number of aryl methyl sites for hydroxylation is 2. The molecule has 1 aliphatic heterocycles. The fourth-order valence-corrected chi connectivity index (χ4v) is 4.06. The van der Waals surface area contributed by atoms with Gasteiger partial charge in [0.05, 0.1) is 10.6 Å². The number of H-pyrrole nitrogens is 1. The Kier molecular flexibility index (Phi) is 6.18. The molecular formula is C22H24ClFN6O. The van der Waals surface area contributed by atoms with Crippen molar-refractivity contribution in [3.05, 3.63) is 63.9 Å². The summed E-state index contributed by atoms with van der Waals surface area (Å²) in [5.74, 6) is 1.54. The average molecular weight is 443 g/mol. The Bertz CT molecular complexity index is 1090. The molecule has 0 bridgehead atoms. The predicted molar refractivity (Wildman–Crippen MR) is 117 cm³/mol. The fourth-order valence-electron chi connectivity index (χ4n) is 3.89. The molecule has 1 aliphatic rings. The molecule has 1 amide bonds. The zero-order valence-corrected chi connectivity index (χ0v) is 18.2. The molecule has 0 aliphatic carbocycles. The van der Waals surface area contributed by atoms with E-state index in [4.69, 9.17) is 11.6 Å². The van der Waals surface area contributed by atoms with Crippen molar-refractivity contribution in [3.8, 4) is 0 Å². The monoisotopic (exact) mass is 442 g/mol. The van der Waals surface area contributed by atoms with E-state index in [1.807, 2.05) is 26.0 Å². The third-order valence-electron chi connectivity index (χ3n) is 5.43. The number of aromatic nitrogens is 4. The number of rotatable bonds is 5. The first-order valence-corrected chi connectivity index (χ1v) is 10.6. The van der Waals surface area contributed by atoms with Gasteiger partial charge < -0.3 is 10.2 Å². The number of amides is 1. The van der Waals surface area contributed by atoms with Gasteiger partial charge in [-0.3, -0.25) is 9.89 Å². The summed E-state index contributed by atoms with van der Waals surface area (Å²) in [7, 11) is 0. The van der Waals surface area contributed by atoms with Gasteiger partial charge in [-0.1, -0.05) is 17.7 Å². The molecule has 1 aromatic carbocycles. The summed E-state index contributed by atoms with van der Waals surface area (Å²) in [4.78, 5) is 23.4. The van der Waals surface area contributed by atoms with E-state index in [9.17, 15) is 9.18 Å². The fraction of sp³-hybridized carbons (Fsp3) is 0.364. The lowest BCUT2D eigenvalue weighted by Gasteiger charge is -2.32. The summed E-state index contributed by atoms with van der Waals surface area (Å²) < 4.78 is 14.2. The van der Waals surface area contributed by atoms with Crippen LogP contribution < -0.4 is 5.32 Å². The maximum absolute atomic E-state index is 14.2. The first-order valence-electron chi connectivity index (χ1n) is 10.3. The van der Waals surface area contributed by atoms with Crippen LogP contribution in [-0.2, 0) is 6.42 Å². The van der Waals surface area contributed by atoms with Crippen LogP contribution >= 0.6 is 11.6 Å². The lowest BCUT2D eigenvalue weighted by Crippen LogP contribution is -2.39. The topological polar surface area (TPSA) is 86.8 Å². The first kappa shape index (κ1) is 21.2. The molecule has 1 fully saturated rings. The smallest absolute Gasteiger partial charge is 0.256 e. The predicted octanol–water partition coefficient (Wildman–Crippen LogP) is 4.45. The molecule has 4 rings (SSSR count). The summed E-state index contributed by atoms with van der Waals surface area (Å²) in [6.45, 7) is 4.96. The van der Waals surface area contributed by atoms with Crippen LogP contribution in [-0.4, -0.2) is 44.1 Å². The van der Waals surface area contributed by atoms with Crippen LogP contribution in [0.4, 0.5) is 16.0 Å². The molecular weight excluding hydrogens is 419 g/mol. The standard InChI is InChI=1S/C22H24ClFN6O/c1-13-10-20(29-28-13)27-19-12-16(25-14(2)26-19)11-15-6-8-30(9-7-15)22(31)17-4-3-5-18(23)21(17)24/h3-5,10,12,15H,6-9,11H2,1-2H3,(H2,25,26,27,28,29). The largest absolute Gasteiger partial charge is 0.339 e. The van der Waals surface area contributed by atoms with E-state index in [-0.39, 0.29) is 16.5 Å². The summed E-state index contributed by atoms with van der Waals surface area (Å²) in [6, 6.07) is 8.37. The maximum Gasteiger partial charge on any atom is 0.256 e. The molecule has 0 spiro atoms. The molecule has 3 aromatic rings. The van der Waals surface area contributed by atoms with E-state index >= 15 is 0 Å². The Morgan fingerprint density at radius 2 is 2.00 bits per heavy atom. The highest BCUT2D eigenvalue weighted by Gasteiger charge is 2.26. The molecule has 31 heavy (non-hydrogen) atoms. The summed E-state index contributed by atoms with van der Waals surface area (Å²) >= 11 is 5.82. The Morgan fingerprint density at radius 3 is 2.71 bits per heavy atom. The average Bonchev–Trinajstić information content (AvgIpc) is 3.14. The Hall–Kier alpha value is -3.00. The number of carbonyl (C=O) groups is 1. The highest BCUT2D eigenvalue weighted by Crippen LogP contribution is 2.25. The van der Waals surface area contributed by atoms with Crippen molar-refractivity contribution >= 4 is 29.1 Å². The van der Waals surface area contributed by atoms with Gasteiger partial charge in [-0.25, -0.2) is 14.4 Å². The van der Waals surface area contributed by atoms with Crippen molar-refractivity contribution in [1.82, 2.24) is 25.1 Å². The van der Waals surface area contributed by atoms with Crippen molar-refractivity contribution in [2.45, 2.75) is 33.1 Å². The van der Waals surface area contributed by atoms with Crippen LogP contribution in [0.1, 0.15) is 40.4 Å². The van der Waals surface area contributed by atoms with E-state index in [2.05, 4.69) is 25.5 Å². The number of piperidine rings is 1. The number of anilines is 2. The van der Waals surface area contributed by atoms with Crippen molar-refractivity contribution in [1.29, 1.82) is 0 Å². The van der Waals surface area contributed by atoms with E-state index in [1.54, 1.807) is 11.0 Å². The van der Waals surface area contributed by atoms with Crippen molar-refractivity contribution in [2.24, 2.45) is 5.92 Å². The number of halogens is 2. The number of aromatic amines is 1. The third-order valence-corrected chi connectivity index (χ3v) is 5.73. The zero-order valence-electron chi connectivity index (χ0n) is 17.5. The highest BCUT2D eigenvalue weighted by atomic mass is 35.5. The minimum atomic E-state index is -0.653. The van der Waals surface area contributed by atoms with Gasteiger partial charge >= 0.3 is 0 Å². The van der Waals surface area contributed by atoms with Gasteiger partial charge in [-0.2, -0.15) is 5.10 Å². The molecule has 0 unspecified atom stereocenters. The minimum absolute atomic E-state index is 0.0293. The molecule has 3 heterocycles. The van der Waals surface area contributed by atoms with Gasteiger partial charge in [0.2, 0.25) is 0 Å². The molecule has 2 N–H and O–H groups in total. The quantitative estimate of drug-likeness (QED) is 0.609. The second kappa shape index (κ2) is 9.01. The molecule has 0 saturated carbocycles. The zero-order chi connectivity index (χ0) is 22.0. The van der Waals surface area contributed by atoms with E-state index < -0.39 is 5.82 Å². The number of carbonyl (C=O) groups excluding carboxylic acids is 1. The van der Waals surface area contributed by atoms with Crippen LogP contribution in [0.25, 0.3) is 0 Å². The molecule has 7 nitrogen and oxygen atoms in total. The van der Waals surface area contributed by atoms with Crippen molar-refractivity contribution < 1.29 is 9.18 Å². The van der Waals surface area contributed by atoms with Gasteiger partial charge in [0, 0.05) is 36.6 Å². The van der Waals surface area contributed by atoms with E-state index in [0.29, 0.717) is 36.5 Å². The minimum Gasteiger partial charge on any atom is -0.339 e. The second-order valence-electron chi connectivity index (χ2n) is 7.89. The normalized spacial score (nSPS) is 14.6. The third kappa shape index (κ3) is 5.02. The van der Waals surface area contributed by atoms with Crippen LogP contribution in [0.15, 0.2) is 30.3 Å². The van der Waals surface area contributed by atoms with Crippen LogP contribution in [0, 0.1) is 25.6 Å². The molecule has 0 atom stereocenters. The lowest BCUT2D eigenvalue weighted by molar-refractivity contribution is 0.0685. The van der Waals surface area contributed by atoms with E-state index in [1.165, 1.54) is 12.1 Å². The second-order valence-corrected chi connectivity index (χ2v) is 8.30. The summed E-state index contributed by atoms with van der Waals surface area (Å²) in [6.07, 6.45) is 2.46. The Morgan fingerprint density at radius 1 is 1.23 bits per heavy atom. The summed E-state index contributed by atoms with van der Waals surface area (Å²) in [5, 5.41) is 10.2. The first-order chi connectivity index (χ1) is 14.9. The molecule has 162 valence electrons. The molecule has 2 aromatic heterocycles. The van der Waals surface area contributed by atoms with Gasteiger partial charge in [0.1, 0.15) is 11.6 Å². The number of hydrogen-bond donors (Lipinski definition) is 2. The van der Waals surface area contributed by atoms with Crippen molar-refractivity contribution in [3.63, 3.8) is 0 Å². The molecule has 9 heteroatoms. The van der Waals surface area contributed by atoms with Crippen molar-refractivity contribution in [2.75, 3.05) is 18.4 Å². The number of nitrogens with one attached hydrogen (secondary N) is 2. The molecule has 0 radical (unpaired) electrons. The van der Waals surface area contributed by atoms with Crippen LogP contribution in [0.3, 0.4) is 0 Å². The van der Waals surface area contributed by atoms with Gasteiger partial charge in [0.25, 0.3) is 5.91 Å². The number of hydrogen-bond acceptors (Lipinski definition) is 5. The van der Waals surface area contributed by atoms with Gasteiger partial charge in [-0.15, -0.1) is 0 Å². The molecule has 1 saturated heterocycles. The van der Waals surface area contributed by atoms with E-state index in [0.717, 1.165) is 30.7 Å². The lowest BCUT2D eigenvalue weighted by atomic mass is 9.91. The van der Waals surface area contributed by atoms with Crippen LogP contribution in [0.5, 0.6) is 0 Å². The van der Waals surface area contributed by atoms with Crippen LogP contribution in [0.2, 0.25) is 5.02 Å². The highest BCUT2D eigenvalue weighted by molar-refractivity contribution is 6.31. The number of benzene rings is 1. The maximum atomic E-state index is 14.2. The van der Waals surface area contributed by atoms with Gasteiger partial charge in [-0.05, 0) is 51.2 Å². The SMILES string of the molecule is Cc1nc(CC2CCN(C(=O)c3cccc(Cl)c3F)CC2)cc(Nc2cc(C)[nH]n2)n1. The number of likely N-dealkylation sites (tertiary alicyclic amines) is 1. The number of nitrogens with zero attached hydrogens (tertiary/aromatic N) is 4.